The Morgan fingerprint density at radius 1 is 0.449 bits per heavy atom. The minimum Gasteiger partial charge on any atom is -0.0990 e. The quantitative estimate of drug-likeness (QED) is 0.122. The maximum Gasteiger partial charge on any atom is -0.00199 e. The summed E-state index contributed by atoms with van der Waals surface area (Å²) >= 11 is 0. The van der Waals surface area contributed by atoms with Gasteiger partial charge in [0.05, 0.1) is 0 Å². The maximum atomic E-state index is 4.05. The zero-order chi connectivity index (χ0) is 33.2. The number of benzene rings is 8. The highest BCUT2D eigenvalue weighted by Crippen LogP contribution is 2.46. The van der Waals surface area contributed by atoms with Gasteiger partial charge in [-0.15, -0.1) is 0 Å². The Hall–Kier alpha value is -6.24. The first kappa shape index (κ1) is 30.1. The van der Waals surface area contributed by atoms with Crippen LogP contribution in [0.25, 0.3) is 82.4 Å². The molecule has 232 valence electrons. The molecule has 0 saturated carbocycles. The van der Waals surface area contributed by atoms with E-state index >= 15 is 0 Å². The van der Waals surface area contributed by atoms with Crippen LogP contribution in [0.4, 0.5) is 0 Å². The molecule has 0 aromatic heterocycles. The van der Waals surface area contributed by atoms with Crippen LogP contribution in [0.3, 0.4) is 0 Å². The first-order chi connectivity index (χ1) is 24.2. The van der Waals surface area contributed by atoms with E-state index in [4.69, 9.17) is 0 Å². The highest BCUT2D eigenvalue weighted by molar-refractivity contribution is 6.21. The molecule has 0 fully saturated rings. The Morgan fingerprint density at radius 2 is 1.02 bits per heavy atom. The van der Waals surface area contributed by atoms with Crippen molar-refractivity contribution in [2.75, 3.05) is 0 Å². The number of hydrogen-bond donors (Lipinski definition) is 0. The minimum absolute atomic E-state index is 1.15. The molecule has 0 aliphatic rings. The van der Waals surface area contributed by atoms with Gasteiger partial charge in [0.15, 0.2) is 0 Å². The molecule has 0 heteroatoms. The van der Waals surface area contributed by atoms with Crippen LogP contribution in [0.15, 0.2) is 195 Å². The lowest BCUT2D eigenvalue weighted by atomic mass is 9.82. The van der Waals surface area contributed by atoms with E-state index in [0.717, 1.165) is 5.57 Å². The second kappa shape index (κ2) is 13.1. The summed E-state index contributed by atoms with van der Waals surface area (Å²) in [5, 5.41) is 7.39. The third kappa shape index (κ3) is 5.58. The maximum absolute atomic E-state index is 4.05. The molecule has 0 amide bonds. The van der Waals surface area contributed by atoms with Gasteiger partial charge in [-0.25, -0.2) is 0 Å². The predicted molar refractivity (Wildman–Crippen MR) is 214 cm³/mol. The van der Waals surface area contributed by atoms with Gasteiger partial charge in [0.2, 0.25) is 0 Å². The third-order valence-corrected chi connectivity index (χ3v) is 9.52. The molecule has 0 unspecified atom stereocenters. The Bertz CT molecular complexity index is 2500. The van der Waals surface area contributed by atoms with Crippen molar-refractivity contribution in [1.29, 1.82) is 0 Å². The Morgan fingerprint density at radius 3 is 1.71 bits per heavy atom. The standard InChI is InChI=1S/C49H36/c1-3-15-36(16-4-2)48-43-23-10-12-25-45(43)49(46-26-13-11-24-44(46)48)47-33-40(39-22-14-21-38(31-39)34-17-6-5-7-18-34)29-30-42(47)41-28-27-35-19-8-9-20-37(35)32-41/h3-33H,1H2,2H3/b16-4-,36-15+. The molecule has 0 heterocycles. The summed E-state index contributed by atoms with van der Waals surface area (Å²) in [6.07, 6.45) is 8.31. The van der Waals surface area contributed by atoms with E-state index in [9.17, 15) is 0 Å². The van der Waals surface area contributed by atoms with E-state index in [1.54, 1.807) is 0 Å². The average molecular weight is 625 g/mol. The van der Waals surface area contributed by atoms with Crippen LogP contribution in [0, 0.1) is 0 Å². The normalized spacial score (nSPS) is 11.9. The smallest absolute Gasteiger partial charge is 0.00199 e. The van der Waals surface area contributed by atoms with Crippen molar-refractivity contribution >= 4 is 37.9 Å². The number of hydrogen-bond acceptors (Lipinski definition) is 0. The lowest BCUT2D eigenvalue weighted by Crippen LogP contribution is -1.95. The SMILES string of the molecule is C=C/C=C(\C=C/C)c1c2ccccc2c(-c2cc(-c3cccc(-c4ccccc4)c3)ccc2-c2ccc3ccccc3c2)c2ccccc12. The Labute approximate surface area is 288 Å². The lowest BCUT2D eigenvalue weighted by molar-refractivity contribution is 1.57. The van der Waals surface area contributed by atoms with Crippen LogP contribution >= 0.6 is 0 Å². The zero-order valence-corrected chi connectivity index (χ0v) is 27.6. The topological polar surface area (TPSA) is 0 Å². The van der Waals surface area contributed by atoms with E-state index in [1.807, 2.05) is 6.08 Å². The molecule has 0 nitrogen and oxygen atoms in total. The fourth-order valence-corrected chi connectivity index (χ4v) is 7.31. The molecule has 0 aliphatic heterocycles. The minimum atomic E-state index is 1.15. The highest BCUT2D eigenvalue weighted by atomic mass is 14.2. The first-order valence-corrected chi connectivity index (χ1v) is 16.9. The van der Waals surface area contributed by atoms with E-state index in [-0.39, 0.29) is 0 Å². The molecule has 0 bridgehead atoms. The number of fused-ring (bicyclic) bond motifs is 3. The largest absolute Gasteiger partial charge is 0.0990 e. The molecule has 0 aliphatic carbocycles. The van der Waals surface area contributed by atoms with Gasteiger partial charge in [0.25, 0.3) is 0 Å². The van der Waals surface area contributed by atoms with Crippen molar-refractivity contribution in [1.82, 2.24) is 0 Å². The van der Waals surface area contributed by atoms with Gasteiger partial charge in [-0.1, -0.05) is 176 Å². The van der Waals surface area contributed by atoms with E-state index < -0.39 is 0 Å². The van der Waals surface area contributed by atoms with Crippen LogP contribution in [0.1, 0.15) is 12.5 Å². The summed E-state index contributed by atoms with van der Waals surface area (Å²) in [5.41, 5.74) is 12.1. The first-order valence-electron chi connectivity index (χ1n) is 16.9. The van der Waals surface area contributed by atoms with E-state index in [1.165, 1.54) is 82.4 Å². The van der Waals surface area contributed by atoms with Crippen molar-refractivity contribution in [2.24, 2.45) is 0 Å². The van der Waals surface area contributed by atoms with Crippen LogP contribution in [-0.4, -0.2) is 0 Å². The predicted octanol–water partition coefficient (Wildman–Crippen LogP) is 14.0. The third-order valence-electron chi connectivity index (χ3n) is 9.52. The molecule has 0 N–H and O–H groups in total. The van der Waals surface area contributed by atoms with Gasteiger partial charge < -0.3 is 0 Å². The second-order valence-corrected chi connectivity index (χ2v) is 12.5. The van der Waals surface area contributed by atoms with Gasteiger partial charge >= 0.3 is 0 Å². The van der Waals surface area contributed by atoms with Gasteiger partial charge in [-0.2, -0.15) is 0 Å². The molecule has 8 rings (SSSR count). The summed E-state index contributed by atoms with van der Waals surface area (Å²) in [6, 6.07) is 59.8. The van der Waals surface area contributed by atoms with Crippen molar-refractivity contribution in [3.05, 3.63) is 200 Å². The fraction of sp³-hybridized carbons (Fsp3) is 0.0204. The molecule has 8 aromatic carbocycles. The number of allylic oxidation sites excluding steroid dienone is 5. The summed E-state index contributed by atoms with van der Waals surface area (Å²) < 4.78 is 0. The van der Waals surface area contributed by atoms with Crippen molar-refractivity contribution in [2.45, 2.75) is 6.92 Å². The van der Waals surface area contributed by atoms with Crippen molar-refractivity contribution in [3.63, 3.8) is 0 Å². The summed E-state index contributed by atoms with van der Waals surface area (Å²) in [7, 11) is 0. The molecule has 0 radical (unpaired) electrons. The Kier molecular flexibility index (Phi) is 8.05. The van der Waals surface area contributed by atoms with Crippen molar-refractivity contribution < 1.29 is 0 Å². The van der Waals surface area contributed by atoms with Gasteiger partial charge in [0, 0.05) is 0 Å². The number of rotatable bonds is 7. The van der Waals surface area contributed by atoms with Gasteiger partial charge in [-0.05, 0) is 113 Å². The molecule has 0 spiro atoms. The van der Waals surface area contributed by atoms with E-state index in [2.05, 4.69) is 196 Å². The van der Waals surface area contributed by atoms with Crippen LogP contribution in [0.2, 0.25) is 0 Å². The lowest BCUT2D eigenvalue weighted by Gasteiger charge is -2.21. The molecule has 49 heavy (non-hydrogen) atoms. The van der Waals surface area contributed by atoms with Gasteiger partial charge in [-0.3, -0.25) is 0 Å². The molecule has 8 aromatic rings. The molecular weight excluding hydrogens is 589 g/mol. The molecule has 0 atom stereocenters. The van der Waals surface area contributed by atoms with Crippen molar-refractivity contribution in [3.8, 4) is 44.5 Å². The molecular formula is C49H36. The second-order valence-electron chi connectivity index (χ2n) is 12.5. The summed E-state index contributed by atoms with van der Waals surface area (Å²) in [6.45, 7) is 6.13. The highest BCUT2D eigenvalue weighted by Gasteiger charge is 2.20. The fourth-order valence-electron chi connectivity index (χ4n) is 7.31. The summed E-state index contributed by atoms with van der Waals surface area (Å²) in [5.74, 6) is 0. The Balaban J connectivity index is 1.46. The van der Waals surface area contributed by atoms with Gasteiger partial charge in [0.1, 0.15) is 0 Å². The van der Waals surface area contributed by atoms with E-state index in [0.29, 0.717) is 0 Å². The monoisotopic (exact) mass is 624 g/mol. The molecule has 0 saturated heterocycles. The van der Waals surface area contributed by atoms with Crippen LogP contribution < -0.4 is 0 Å². The average Bonchev–Trinajstić information content (AvgIpc) is 3.17. The van der Waals surface area contributed by atoms with Crippen LogP contribution in [-0.2, 0) is 0 Å². The van der Waals surface area contributed by atoms with Crippen LogP contribution in [0.5, 0.6) is 0 Å². The zero-order valence-electron chi connectivity index (χ0n) is 27.6. The summed E-state index contributed by atoms with van der Waals surface area (Å²) in [4.78, 5) is 0.